The van der Waals surface area contributed by atoms with Gasteiger partial charge in [-0.2, -0.15) is 0 Å². The average Bonchev–Trinajstić information content (AvgIpc) is 2.48. The number of carbonyl (C=O) groups excluding carboxylic acids is 1. The molecule has 0 spiro atoms. The molecule has 2 heterocycles. The molecule has 6 nitrogen and oxygen atoms in total. The third-order valence-electron chi connectivity index (χ3n) is 3.28. The fourth-order valence-corrected chi connectivity index (χ4v) is 2.16. The van der Waals surface area contributed by atoms with E-state index in [1.54, 1.807) is 23.2 Å². The molecule has 1 unspecified atom stereocenters. The Morgan fingerprint density at radius 3 is 2.68 bits per heavy atom. The van der Waals surface area contributed by atoms with Crippen molar-refractivity contribution in [3.8, 4) is 0 Å². The van der Waals surface area contributed by atoms with E-state index in [0.717, 1.165) is 13.1 Å². The van der Waals surface area contributed by atoms with Crippen LogP contribution in [0.15, 0.2) is 24.4 Å². The molecule has 0 aliphatic carbocycles. The molecule has 19 heavy (non-hydrogen) atoms. The molecular weight excluding hydrogens is 244 g/mol. The summed E-state index contributed by atoms with van der Waals surface area (Å²) >= 11 is 0. The topological polar surface area (TPSA) is 82.7 Å². The molecule has 1 saturated heterocycles. The highest BCUT2D eigenvalue weighted by atomic mass is 16.3. The number of pyridine rings is 1. The molecular formula is C13H20N4O2. The molecule has 0 bridgehead atoms. The SMILES string of the molecule is NCC(O)CN1CCN(C(=O)c2ccccn2)CC1. The van der Waals surface area contributed by atoms with Crippen molar-refractivity contribution < 1.29 is 9.90 Å². The summed E-state index contributed by atoms with van der Waals surface area (Å²) in [5.41, 5.74) is 5.88. The summed E-state index contributed by atoms with van der Waals surface area (Å²) in [7, 11) is 0. The van der Waals surface area contributed by atoms with Crippen LogP contribution < -0.4 is 5.73 Å². The highest BCUT2D eigenvalue weighted by molar-refractivity contribution is 5.92. The lowest BCUT2D eigenvalue weighted by atomic mass is 10.2. The predicted octanol–water partition coefficient (Wildman–Crippen LogP) is -0.841. The van der Waals surface area contributed by atoms with Crippen molar-refractivity contribution in [1.29, 1.82) is 0 Å². The first-order chi connectivity index (χ1) is 9.20. The van der Waals surface area contributed by atoms with Crippen LogP contribution in [-0.2, 0) is 0 Å². The Labute approximate surface area is 112 Å². The van der Waals surface area contributed by atoms with Crippen molar-refractivity contribution in [3.05, 3.63) is 30.1 Å². The van der Waals surface area contributed by atoms with Gasteiger partial charge in [-0.05, 0) is 12.1 Å². The second-order valence-corrected chi connectivity index (χ2v) is 4.70. The van der Waals surface area contributed by atoms with Gasteiger partial charge in [-0.25, -0.2) is 0 Å². The van der Waals surface area contributed by atoms with Crippen molar-refractivity contribution in [3.63, 3.8) is 0 Å². The van der Waals surface area contributed by atoms with Crippen LogP contribution in [0.3, 0.4) is 0 Å². The molecule has 3 N–H and O–H groups in total. The molecule has 1 aliphatic heterocycles. The van der Waals surface area contributed by atoms with Crippen LogP contribution in [0.5, 0.6) is 0 Å². The number of aromatic nitrogens is 1. The average molecular weight is 264 g/mol. The van der Waals surface area contributed by atoms with E-state index in [0.29, 0.717) is 25.3 Å². The number of β-amino-alcohol motifs (C(OH)–C–C–N with tert-alkyl or cyclic N) is 1. The molecule has 1 atom stereocenters. The minimum atomic E-state index is -0.488. The Kier molecular flexibility index (Phi) is 4.84. The van der Waals surface area contributed by atoms with Crippen LogP contribution in [0, 0.1) is 0 Å². The minimum absolute atomic E-state index is 0.0281. The molecule has 0 radical (unpaired) electrons. The normalized spacial score (nSPS) is 18.3. The zero-order chi connectivity index (χ0) is 13.7. The third kappa shape index (κ3) is 3.73. The molecule has 1 amide bonds. The van der Waals surface area contributed by atoms with Gasteiger partial charge in [0, 0.05) is 45.5 Å². The fourth-order valence-electron chi connectivity index (χ4n) is 2.16. The third-order valence-corrected chi connectivity index (χ3v) is 3.28. The largest absolute Gasteiger partial charge is 0.390 e. The zero-order valence-electron chi connectivity index (χ0n) is 10.9. The Morgan fingerprint density at radius 1 is 1.37 bits per heavy atom. The molecule has 1 aromatic heterocycles. The number of nitrogens with two attached hydrogens (primary N) is 1. The molecule has 0 saturated carbocycles. The highest BCUT2D eigenvalue weighted by Gasteiger charge is 2.23. The maximum Gasteiger partial charge on any atom is 0.272 e. The van der Waals surface area contributed by atoms with E-state index in [9.17, 15) is 9.90 Å². The fraction of sp³-hybridized carbons (Fsp3) is 0.538. The van der Waals surface area contributed by atoms with Gasteiger partial charge < -0.3 is 15.7 Å². The van der Waals surface area contributed by atoms with E-state index in [4.69, 9.17) is 5.73 Å². The first-order valence-corrected chi connectivity index (χ1v) is 6.51. The molecule has 1 aromatic rings. The van der Waals surface area contributed by atoms with E-state index in [-0.39, 0.29) is 12.5 Å². The number of hydrogen-bond acceptors (Lipinski definition) is 5. The van der Waals surface area contributed by atoms with Crippen LogP contribution in [0.1, 0.15) is 10.5 Å². The summed E-state index contributed by atoms with van der Waals surface area (Å²) in [6.07, 6.45) is 1.14. The molecule has 1 fully saturated rings. The second-order valence-electron chi connectivity index (χ2n) is 4.70. The molecule has 2 rings (SSSR count). The number of rotatable bonds is 4. The number of aliphatic hydroxyl groups is 1. The van der Waals surface area contributed by atoms with Gasteiger partial charge in [0.05, 0.1) is 6.10 Å². The first-order valence-electron chi connectivity index (χ1n) is 6.51. The van der Waals surface area contributed by atoms with E-state index in [1.165, 1.54) is 0 Å². The summed E-state index contributed by atoms with van der Waals surface area (Å²) in [4.78, 5) is 20.2. The quantitative estimate of drug-likeness (QED) is 0.741. The van der Waals surface area contributed by atoms with Gasteiger partial charge in [-0.1, -0.05) is 6.07 Å². The Bertz CT molecular complexity index is 404. The van der Waals surface area contributed by atoms with Crippen LogP contribution >= 0.6 is 0 Å². The van der Waals surface area contributed by atoms with Gasteiger partial charge in [0.1, 0.15) is 5.69 Å². The standard InChI is InChI=1S/C13H20N4O2/c14-9-11(18)10-16-5-7-17(8-6-16)13(19)12-3-1-2-4-15-12/h1-4,11,18H,5-10,14H2. The predicted molar refractivity (Wildman–Crippen MR) is 71.6 cm³/mol. The van der Waals surface area contributed by atoms with Crippen LogP contribution in [0.4, 0.5) is 0 Å². The van der Waals surface area contributed by atoms with E-state index >= 15 is 0 Å². The molecule has 1 aliphatic rings. The number of amides is 1. The number of nitrogens with zero attached hydrogens (tertiary/aromatic N) is 3. The van der Waals surface area contributed by atoms with Crippen LogP contribution in [-0.4, -0.2) is 71.2 Å². The van der Waals surface area contributed by atoms with E-state index in [2.05, 4.69) is 9.88 Å². The number of carbonyl (C=O) groups is 1. The maximum atomic E-state index is 12.2. The summed E-state index contributed by atoms with van der Waals surface area (Å²) in [6.45, 7) is 3.68. The Hall–Kier alpha value is -1.50. The Balaban J connectivity index is 1.85. The maximum absolute atomic E-state index is 12.2. The summed E-state index contributed by atoms with van der Waals surface area (Å²) in [6, 6.07) is 5.34. The monoisotopic (exact) mass is 264 g/mol. The molecule has 104 valence electrons. The van der Waals surface area contributed by atoms with Gasteiger partial charge in [0.2, 0.25) is 0 Å². The zero-order valence-corrected chi connectivity index (χ0v) is 10.9. The number of hydrogen-bond donors (Lipinski definition) is 2. The van der Waals surface area contributed by atoms with Crippen molar-refractivity contribution >= 4 is 5.91 Å². The van der Waals surface area contributed by atoms with Crippen LogP contribution in [0.25, 0.3) is 0 Å². The van der Waals surface area contributed by atoms with Gasteiger partial charge in [0.25, 0.3) is 5.91 Å². The van der Waals surface area contributed by atoms with Crippen LogP contribution in [0.2, 0.25) is 0 Å². The van der Waals surface area contributed by atoms with Crippen molar-refractivity contribution in [2.75, 3.05) is 39.3 Å². The van der Waals surface area contributed by atoms with Gasteiger partial charge in [0.15, 0.2) is 0 Å². The van der Waals surface area contributed by atoms with Crippen molar-refractivity contribution in [1.82, 2.24) is 14.8 Å². The van der Waals surface area contributed by atoms with E-state index < -0.39 is 6.10 Å². The Morgan fingerprint density at radius 2 is 2.11 bits per heavy atom. The summed E-state index contributed by atoms with van der Waals surface area (Å²) in [5.74, 6) is -0.0281. The smallest absolute Gasteiger partial charge is 0.272 e. The lowest BCUT2D eigenvalue weighted by molar-refractivity contribution is 0.0537. The van der Waals surface area contributed by atoms with E-state index in [1.807, 2.05) is 6.07 Å². The molecule has 0 aromatic carbocycles. The number of piperazine rings is 1. The van der Waals surface area contributed by atoms with Crippen molar-refractivity contribution in [2.45, 2.75) is 6.10 Å². The molecule has 6 heteroatoms. The summed E-state index contributed by atoms with van der Waals surface area (Å²) < 4.78 is 0. The number of aliphatic hydroxyl groups excluding tert-OH is 1. The summed E-state index contributed by atoms with van der Waals surface area (Å²) in [5, 5.41) is 9.51. The van der Waals surface area contributed by atoms with Crippen molar-refractivity contribution in [2.24, 2.45) is 5.73 Å². The lowest BCUT2D eigenvalue weighted by Crippen LogP contribution is -2.51. The first kappa shape index (κ1) is 13.9. The minimum Gasteiger partial charge on any atom is -0.390 e. The lowest BCUT2D eigenvalue weighted by Gasteiger charge is -2.35. The van der Waals surface area contributed by atoms with Gasteiger partial charge >= 0.3 is 0 Å². The van der Waals surface area contributed by atoms with Gasteiger partial charge in [-0.15, -0.1) is 0 Å². The highest BCUT2D eigenvalue weighted by Crippen LogP contribution is 2.07. The van der Waals surface area contributed by atoms with Gasteiger partial charge in [-0.3, -0.25) is 14.7 Å². The second kappa shape index (κ2) is 6.60.